The van der Waals surface area contributed by atoms with Gasteiger partial charge in [-0.25, -0.2) is 17.1 Å². The maximum absolute atomic E-state index is 13.5. The predicted octanol–water partition coefficient (Wildman–Crippen LogP) is 0.569. The fourth-order valence-electron chi connectivity index (χ4n) is 2.48. The first-order valence-electron chi connectivity index (χ1n) is 7.68. The van der Waals surface area contributed by atoms with Crippen molar-refractivity contribution in [2.75, 3.05) is 39.0 Å². The highest BCUT2D eigenvalue weighted by molar-refractivity contribution is 7.89. The van der Waals surface area contributed by atoms with Crippen LogP contribution in [0.3, 0.4) is 0 Å². The second-order valence-electron chi connectivity index (χ2n) is 5.34. The van der Waals surface area contributed by atoms with Gasteiger partial charge in [0.1, 0.15) is 5.82 Å². The summed E-state index contributed by atoms with van der Waals surface area (Å²) >= 11 is 0. The zero-order chi connectivity index (χ0) is 16.7. The summed E-state index contributed by atoms with van der Waals surface area (Å²) in [6.45, 7) is 2.04. The van der Waals surface area contributed by atoms with Gasteiger partial charge in [0.05, 0.1) is 5.75 Å². The molecule has 1 aromatic carbocycles. The fraction of sp³-hybridized carbons (Fsp3) is 0.533. The van der Waals surface area contributed by atoms with E-state index in [2.05, 4.69) is 15.6 Å². The first-order valence-corrected chi connectivity index (χ1v) is 9.29. The van der Waals surface area contributed by atoms with Gasteiger partial charge in [0.2, 0.25) is 10.0 Å². The molecule has 0 spiro atoms. The zero-order valence-electron chi connectivity index (χ0n) is 13.3. The summed E-state index contributed by atoms with van der Waals surface area (Å²) in [4.78, 5) is 4.07. The zero-order valence-corrected chi connectivity index (χ0v) is 14.1. The molecule has 0 unspecified atom stereocenters. The van der Waals surface area contributed by atoms with Crippen LogP contribution in [0.2, 0.25) is 0 Å². The van der Waals surface area contributed by atoms with Crippen molar-refractivity contribution in [3.8, 4) is 0 Å². The Balaban J connectivity index is 1.71. The Bertz CT molecular complexity index is 649. The minimum Gasteiger partial charge on any atom is -0.356 e. The monoisotopic (exact) mass is 342 g/mol. The summed E-state index contributed by atoms with van der Waals surface area (Å²) in [6.07, 6.45) is 1.24. The first kappa shape index (κ1) is 17.7. The van der Waals surface area contributed by atoms with Crippen LogP contribution in [0.25, 0.3) is 0 Å². The molecule has 0 bridgehead atoms. The molecule has 0 radical (unpaired) electrons. The van der Waals surface area contributed by atoms with Crippen LogP contribution >= 0.6 is 0 Å². The van der Waals surface area contributed by atoms with E-state index in [1.807, 2.05) is 6.07 Å². The third-order valence-electron chi connectivity index (χ3n) is 3.73. The number of nitrogens with zero attached hydrogens (tertiary/aromatic N) is 2. The van der Waals surface area contributed by atoms with Crippen LogP contribution < -0.4 is 10.6 Å². The van der Waals surface area contributed by atoms with Gasteiger partial charge in [0.15, 0.2) is 5.96 Å². The number of halogens is 1. The number of hydrogen-bond acceptors (Lipinski definition) is 3. The summed E-state index contributed by atoms with van der Waals surface area (Å²) in [6, 6.07) is 6.67. The molecule has 23 heavy (non-hydrogen) atoms. The van der Waals surface area contributed by atoms with Gasteiger partial charge in [-0.1, -0.05) is 18.2 Å². The van der Waals surface area contributed by atoms with Gasteiger partial charge in [0, 0.05) is 33.2 Å². The van der Waals surface area contributed by atoms with E-state index >= 15 is 0 Å². The van der Waals surface area contributed by atoms with Gasteiger partial charge < -0.3 is 10.6 Å². The van der Waals surface area contributed by atoms with Crippen LogP contribution in [0.1, 0.15) is 12.0 Å². The topological polar surface area (TPSA) is 73.8 Å². The van der Waals surface area contributed by atoms with Crippen molar-refractivity contribution in [2.24, 2.45) is 4.99 Å². The highest BCUT2D eigenvalue weighted by Crippen LogP contribution is 2.11. The van der Waals surface area contributed by atoms with Crippen molar-refractivity contribution < 1.29 is 12.8 Å². The van der Waals surface area contributed by atoms with Crippen LogP contribution in [0.15, 0.2) is 29.3 Å². The van der Waals surface area contributed by atoms with E-state index in [0.717, 1.165) is 0 Å². The molecule has 8 heteroatoms. The second kappa shape index (κ2) is 8.26. The number of guanidine groups is 1. The SMILES string of the molecule is CN=C(NCCc1ccccc1F)NCCN1CCCS1(=O)=O. The quantitative estimate of drug-likeness (QED) is 0.585. The highest BCUT2D eigenvalue weighted by atomic mass is 32.2. The van der Waals surface area contributed by atoms with Crippen molar-refractivity contribution in [2.45, 2.75) is 12.8 Å². The van der Waals surface area contributed by atoms with Crippen LogP contribution in [0.4, 0.5) is 4.39 Å². The largest absolute Gasteiger partial charge is 0.356 e. The molecule has 0 aromatic heterocycles. The number of benzene rings is 1. The summed E-state index contributed by atoms with van der Waals surface area (Å²) in [7, 11) is -1.41. The lowest BCUT2D eigenvalue weighted by Crippen LogP contribution is -2.42. The molecule has 1 aliphatic heterocycles. The molecule has 6 nitrogen and oxygen atoms in total. The summed E-state index contributed by atoms with van der Waals surface area (Å²) in [5, 5.41) is 6.17. The number of aliphatic imine (C=N–C) groups is 1. The average molecular weight is 342 g/mol. The Labute approximate surface area is 136 Å². The second-order valence-corrected chi connectivity index (χ2v) is 7.42. The van der Waals surface area contributed by atoms with E-state index in [1.165, 1.54) is 10.4 Å². The average Bonchev–Trinajstić information content (AvgIpc) is 2.86. The van der Waals surface area contributed by atoms with E-state index in [-0.39, 0.29) is 11.6 Å². The third-order valence-corrected chi connectivity index (χ3v) is 5.68. The molecule has 2 rings (SSSR count). The molecular formula is C15H23FN4O2S. The predicted molar refractivity (Wildman–Crippen MR) is 89.4 cm³/mol. The molecule has 1 aliphatic rings. The van der Waals surface area contributed by atoms with Crippen molar-refractivity contribution in [1.82, 2.24) is 14.9 Å². The minimum atomic E-state index is -3.06. The summed E-state index contributed by atoms with van der Waals surface area (Å²) in [5.41, 5.74) is 0.651. The van der Waals surface area contributed by atoms with Gasteiger partial charge in [0.25, 0.3) is 0 Å². The van der Waals surface area contributed by atoms with Crippen molar-refractivity contribution >= 4 is 16.0 Å². The smallest absolute Gasteiger partial charge is 0.214 e. The lowest BCUT2D eigenvalue weighted by atomic mass is 10.1. The van der Waals surface area contributed by atoms with E-state index in [1.54, 1.807) is 19.2 Å². The maximum Gasteiger partial charge on any atom is 0.214 e. The lowest BCUT2D eigenvalue weighted by Gasteiger charge is -2.16. The molecule has 0 aliphatic carbocycles. The molecule has 128 valence electrons. The van der Waals surface area contributed by atoms with E-state index in [4.69, 9.17) is 0 Å². The Hall–Kier alpha value is -1.67. The molecule has 1 aromatic rings. The molecule has 0 saturated carbocycles. The van der Waals surface area contributed by atoms with E-state index in [9.17, 15) is 12.8 Å². The van der Waals surface area contributed by atoms with Gasteiger partial charge in [-0.2, -0.15) is 0 Å². The molecule has 0 atom stereocenters. The van der Waals surface area contributed by atoms with Crippen molar-refractivity contribution in [3.05, 3.63) is 35.6 Å². The first-order chi connectivity index (χ1) is 11.0. The standard InChI is InChI=1S/C15H23FN4O2S/c1-17-15(18-8-7-13-5-2-3-6-14(13)16)19-9-11-20-10-4-12-23(20,21)22/h2-3,5-6H,4,7-12H2,1H3,(H2,17,18,19). The Morgan fingerprint density at radius 2 is 2.04 bits per heavy atom. The highest BCUT2D eigenvalue weighted by Gasteiger charge is 2.27. The maximum atomic E-state index is 13.5. The lowest BCUT2D eigenvalue weighted by molar-refractivity contribution is 0.445. The van der Waals surface area contributed by atoms with Crippen LogP contribution in [0, 0.1) is 5.82 Å². The van der Waals surface area contributed by atoms with Gasteiger partial charge in [-0.3, -0.25) is 4.99 Å². The van der Waals surface area contributed by atoms with Crippen LogP contribution in [0.5, 0.6) is 0 Å². The van der Waals surface area contributed by atoms with Gasteiger partial charge in [-0.05, 0) is 24.5 Å². The Morgan fingerprint density at radius 1 is 1.30 bits per heavy atom. The van der Waals surface area contributed by atoms with Crippen LogP contribution in [-0.4, -0.2) is 57.7 Å². The molecule has 0 amide bonds. The normalized spacial score (nSPS) is 18.1. The van der Waals surface area contributed by atoms with Crippen LogP contribution in [-0.2, 0) is 16.4 Å². The molecular weight excluding hydrogens is 319 g/mol. The molecule has 1 saturated heterocycles. The third kappa shape index (κ3) is 5.18. The van der Waals surface area contributed by atoms with E-state index < -0.39 is 10.0 Å². The van der Waals surface area contributed by atoms with Crippen molar-refractivity contribution in [3.63, 3.8) is 0 Å². The fourth-order valence-corrected chi connectivity index (χ4v) is 4.01. The van der Waals surface area contributed by atoms with Gasteiger partial charge >= 0.3 is 0 Å². The van der Waals surface area contributed by atoms with E-state index in [0.29, 0.717) is 50.5 Å². The summed E-state index contributed by atoms with van der Waals surface area (Å²) < 4.78 is 38.4. The Kier molecular flexibility index (Phi) is 6.35. The minimum absolute atomic E-state index is 0.212. The number of hydrogen-bond donors (Lipinski definition) is 2. The Morgan fingerprint density at radius 3 is 2.70 bits per heavy atom. The van der Waals surface area contributed by atoms with Gasteiger partial charge in [-0.15, -0.1) is 0 Å². The molecule has 2 N–H and O–H groups in total. The number of nitrogens with one attached hydrogen (secondary N) is 2. The summed E-state index contributed by atoms with van der Waals surface area (Å²) in [5.74, 6) is 0.609. The molecule has 1 heterocycles. The molecule has 1 fully saturated rings. The number of sulfonamides is 1. The van der Waals surface area contributed by atoms with Crippen molar-refractivity contribution in [1.29, 1.82) is 0 Å². The number of rotatable bonds is 6.